The number of nitrogen functional groups attached to an aromatic ring is 1. The topological polar surface area (TPSA) is 119 Å². The number of hydrogen-bond donors (Lipinski definition) is 4. The van der Waals surface area contributed by atoms with Crippen LogP contribution in [0, 0.1) is 0 Å². The summed E-state index contributed by atoms with van der Waals surface area (Å²) in [7, 11) is 0. The van der Waals surface area contributed by atoms with Gasteiger partial charge in [0.2, 0.25) is 3.73 Å². The number of alkyl halides is 1. The van der Waals surface area contributed by atoms with Gasteiger partial charge in [-0.05, 0) is 29.0 Å². The van der Waals surface area contributed by atoms with Crippen molar-refractivity contribution in [1.29, 1.82) is 0 Å². The van der Waals surface area contributed by atoms with Crippen LogP contribution in [0.15, 0.2) is 12.7 Å². The Morgan fingerprint density at radius 2 is 2.26 bits per heavy atom. The molecule has 126 valence electrons. The lowest BCUT2D eigenvalue weighted by atomic mass is 10.0. The normalized spacial score (nSPS) is 32.5. The fraction of sp³-hybridized carbons (Fsp3) is 0.615. The Balaban J connectivity index is 2.02. The zero-order valence-electron chi connectivity index (χ0n) is 12.4. The number of anilines is 1. The molecule has 0 bridgehead atoms. The van der Waals surface area contributed by atoms with Gasteiger partial charge in [-0.15, -0.1) is 0 Å². The number of thiol groups is 1. The van der Waals surface area contributed by atoms with E-state index in [-0.39, 0.29) is 5.82 Å². The molecule has 0 amide bonds. The number of aliphatic hydroxyl groups excluding tert-OH is 2. The van der Waals surface area contributed by atoms with Gasteiger partial charge in [-0.25, -0.2) is 15.0 Å². The van der Waals surface area contributed by atoms with Gasteiger partial charge in [0.1, 0.15) is 24.3 Å². The molecular formula is C13H18IN5O3S. The second-order valence-electron chi connectivity index (χ2n) is 5.53. The van der Waals surface area contributed by atoms with Crippen LogP contribution < -0.4 is 5.73 Å². The highest BCUT2D eigenvalue weighted by atomic mass is 127. The van der Waals surface area contributed by atoms with Crippen LogP contribution in [0.2, 0.25) is 0 Å². The largest absolute Gasteiger partial charge is 0.390 e. The molecule has 1 unspecified atom stereocenters. The van der Waals surface area contributed by atoms with Crippen LogP contribution in [0.3, 0.4) is 0 Å². The van der Waals surface area contributed by atoms with Crippen molar-refractivity contribution in [2.75, 3.05) is 5.73 Å². The van der Waals surface area contributed by atoms with Crippen molar-refractivity contribution in [2.45, 2.75) is 47.1 Å². The predicted octanol–water partition coefficient (Wildman–Crippen LogP) is 0.673. The van der Waals surface area contributed by atoms with Crippen LogP contribution in [0.5, 0.6) is 0 Å². The lowest BCUT2D eigenvalue weighted by Crippen LogP contribution is -2.37. The Hall–Kier alpha value is -0.690. The van der Waals surface area contributed by atoms with Crippen molar-refractivity contribution in [3.05, 3.63) is 12.7 Å². The predicted molar refractivity (Wildman–Crippen MR) is 96.3 cm³/mol. The maximum Gasteiger partial charge on any atom is 0.214 e. The summed E-state index contributed by atoms with van der Waals surface area (Å²) in [5, 5.41) is 20.1. The van der Waals surface area contributed by atoms with E-state index in [2.05, 4.69) is 50.2 Å². The van der Waals surface area contributed by atoms with E-state index < -0.39 is 27.3 Å². The van der Waals surface area contributed by atoms with Gasteiger partial charge in [0.05, 0.1) is 17.5 Å². The smallest absolute Gasteiger partial charge is 0.214 e. The molecule has 2 aromatic rings. The molecule has 23 heavy (non-hydrogen) atoms. The molecule has 2 aromatic heterocycles. The van der Waals surface area contributed by atoms with Crippen LogP contribution in [0.4, 0.5) is 5.82 Å². The molecule has 4 N–H and O–H groups in total. The van der Waals surface area contributed by atoms with Crippen molar-refractivity contribution in [1.82, 2.24) is 19.5 Å². The van der Waals surface area contributed by atoms with Crippen LogP contribution in [0.25, 0.3) is 11.2 Å². The van der Waals surface area contributed by atoms with E-state index in [1.165, 1.54) is 12.7 Å². The molecule has 1 saturated heterocycles. The van der Waals surface area contributed by atoms with E-state index in [9.17, 15) is 10.2 Å². The van der Waals surface area contributed by atoms with Crippen LogP contribution in [-0.4, -0.2) is 53.3 Å². The quantitative estimate of drug-likeness (QED) is 0.307. The average molecular weight is 451 g/mol. The highest BCUT2D eigenvalue weighted by molar-refractivity contribution is 14.1. The van der Waals surface area contributed by atoms with Crippen molar-refractivity contribution in [2.24, 2.45) is 0 Å². The molecule has 5 atom stereocenters. The molecule has 10 heteroatoms. The van der Waals surface area contributed by atoms with Gasteiger partial charge in [-0.3, -0.25) is 4.57 Å². The minimum atomic E-state index is -1.05. The number of halogens is 1. The lowest BCUT2D eigenvalue weighted by molar-refractivity contribution is -0.0902. The molecule has 0 spiro atoms. The Kier molecular flexibility index (Phi) is 4.71. The number of imidazole rings is 1. The number of aromatic nitrogens is 4. The molecular weight excluding hydrogens is 433 g/mol. The molecule has 3 heterocycles. The summed E-state index contributed by atoms with van der Waals surface area (Å²) in [6, 6.07) is 0. The monoisotopic (exact) mass is 451 g/mol. The summed E-state index contributed by atoms with van der Waals surface area (Å²) in [4.78, 5) is 12.3. The van der Waals surface area contributed by atoms with Crippen molar-refractivity contribution in [3.8, 4) is 0 Å². The fourth-order valence-electron chi connectivity index (χ4n) is 2.76. The summed E-state index contributed by atoms with van der Waals surface area (Å²) < 4.78 is 6.63. The Morgan fingerprint density at radius 1 is 1.52 bits per heavy atom. The standard InChI is InChI=1S/C13H18IN5O3S/c1-2-3-6(20)9-8(21)10(23)13(14,22-9)19-5-18-7-11(15)16-4-17-12(7)19/h4-6,8-10,20-21,23H,2-3H2,1H3,(H2,15,16,17)/t6?,8-,9-,10-,13+/m1/s1. The molecule has 1 aliphatic heterocycles. The molecule has 1 fully saturated rings. The third-order valence-corrected chi connectivity index (χ3v) is 6.57. The molecule has 3 rings (SSSR count). The van der Waals surface area contributed by atoms with Crippen LogP contribution in [-0.2, 0) is 8.47 Å². The Bertz CT molecular complexity index is 716. The summed E-state index contributed by atoms with van der Waals surface area (Å²) in [5.74, 6) is 0.269. The first-order valence-electron chi connectivity index (χ1n) is 7.25. The number of hydrogen-bond acceptors (Lipinski definition) is 8. The zero-order valence-corrected chi connectivity index (χ0v) is 15.4. The number of ether oxygens (including phenoxy) is 1. The van der Waals surface area contributed by atoms with E-state index in [1.54, 1.807) is 4.57 Å². The van der Waals surface area contributed by atoms with Crippen molar-refractivity contribution >= 4 is 52.2 Å². The molecule has 0 saturated carbocycles. The molecule has 8 nitrogen and oxygen atoms in total. The molecule has 1 aliphatic rings. The Labute approximate surface area is 152 Å². The SMILES string of the molecule is CCCC(O)[C@H]1O[C@@](I)(n2cnc3c(N)ncnc32)[C@H](S)[C@@H]1O. The molecule has 0 aromatic carbocycles. The third kappa shape index (κ3) is 2.69. The lowest BCUT2D eigenvalue weighted by Gasteiger charge is -2.28. The minimum absolute atomic E-state index is 0.269. The van der Waals surface area contributed by atoms with E-state index in [1.807, 2.05) is 6.92 Å². The number of aliphatic hydroxyl groups is 2. The number of rotatable bonds is 4. The van der Waals surface area contributed by atoms with E-state index in [4.69, 9.17) is 10.5 Å². The first-order valence-corrected chi connectivity index (χ1v) is 8.84. The maximum atomic E-state index is 10.5. The highest BCUT2D eigenvalue weighted by Crippen LogP contribution is 2.46. The zero-order chi connectivity index (χ0) is 16.8. The second-order valence-corrected chi connectivity index (χ2v) is 7.63. The van der Waals surface area contributed by atoms with Crippen LogP contribution in [0.1, 0.15) is 19.8 Å². The third-order valence-electron chi connectivity index (χ3n) is 3.98. The van der Waals surface area contributed by atoms with Crippen molar-refractivity contribution in [3.63, 3.8) is 0 Å². The first-order chi connectivity index (χ1) is 10.9. The van der Waals surface area contributed by atoms with Gasteiger partial charge in [0, 0.05) is 0 Å². The fourth-order valence-corrected chi connectivity index (χ4v) is 4.13. The van der Waals surface area contributed by atoms with Crippen molar-refractivity contribution < 1.29 is 14.9 Å². The van der Waals surface area contributed by atoms with Gasteiger partial charge in [0.15, 0.2) is 11.5 Å². The summed E-state index contributed by atoms with van der Waals surface area (Å²) in [6.45, 7) is 1.96. The maximum absolute atomic E-state index is 10.5. The molecule has 0 aliphatic carbocycles. The van der Waals surface area contributed by atoms with Gasteiger partial charge in [0.25, 0.3) is 0 Å². The van der Waals surface area contributed by atoms with Crippen LogP contribution >= 0.6 is 35.2 Å². The van der Waals surface area contributed by atoms with E-state index in [0.717, 1.165) is 6.42 Å². The summed E-state index contributed by atoms with van der Waals surface area (Å²) in [5.41, 5.74) is 6.76. The summed E-state index contributed by atoms with van der Waals surface area (Å²) in [6.07, 6.45) is 1.78. The van der Waals surface area contributed by atoms with Gasteiger partial charge in [-0.2, -0.15) is 12.6 Å². The average Bonchev–Trinajstić information content (AvgIpc) is 3.05. The minimum Gasteiger partial charge on any atom is -0.390 e. The number of nitrogens with two attached hydrogens (primary N) is 1. The van der Waals surface area contributed by atoms with Gasteiger partial charge >= 0.3 is 0 Å². The van der Waals surface area contributed by atoms with Gasteiger partial charge in [-0.1, -0.05) is 13.3 Å². The molecule has 0 radical (unpaired) electrons. The first kappa shape index (κ1) is 17.1. The second kappa shape index (κ2) is 6.31. The number of nitrogens with zero attached hydrogens (tertiary/aromatic N) is 4. The van der Waals surface area contributed by atoms with E-state index in [0.29, 0.717) is 17.6 Å². The summed E-state index contributed by atoms with van der Waals surface area (Å²) >= 11 is 6.57. The Morgan fingerprint density at radius 3 is 2.96 bits per heavy atom. The number of fused-ring (bicyclic) bond motifs is 1. The van der Waals surface area contributed by atoms with Gasteiger partial charge < -0.3 is 20.7 Å². The van der Waals surface area contributed by atoms with E-state index >= 15 is 0 Å². The highest BCUT2D eigenvalue weighted by Gasteiger charge is 2.55.